The van der Waals surface area contributed by atoms with Crippen molar-refractivity contribution in [2.24, 2.45) is 11.8 Å². The molecule has 1 aromatic heterocycles. The topological polar surface area (TPSA) is 87.1 Å². The van der Waals surface area contributed by atoms with E-state index < -0.39 is 5.60 Å². The molecular weight excluding hydrogens is 292 g/mol. The highest BCUT2D eigenvalue weighted by Gasteiger charge is 2.57. The normalized spacial score (nSPS) is 37.7. The molecule has 3 N–H and O–H groups in total. The number of urea groups is 1. The van der Waals surface area contributed by atoms with Crippen LogP contribution in [0.25, 0.3) is 0 Å². The molecule has 6 nitrogen and oxygen atoms in total. The molecule has 1 heterocycles. The van der Waals surface area contributed by atoms with Crippen LogP contribution >= 0.6 is 0 Å². The summed E-state index contributed by atoms with van der Waals surface area (Å²) in [4.78, 5) is 20.8. The predicted molar refractivity (Wildman–Crippen MR) is 85.9 cm³/mol. The van der Waals surface area contributed by atoms with Crippen LogP contribution in [-0.4, -0.2) is 32.2 Å². The molecule has 5 rings (SSSR count). The number of hydrogen-bond donors (Lipinski definition) is 3. The average Bonchev–Trinajstić information content (AvgIpc) is 2.44. The zero-order valence-corrected chi connectivity index (χ0v) is 13.5. The van der Waals surface area contributed by atoms with Crippen LogP contribution in [0.4, 0.5) is 10.5 Å². The Hall–Kier alpha value is -1.69. The van der Waals surface area contributed by atoms with Gasteiger partial charge < -0.3 is 15.7 Å². The van der Waals surface area contributed by atoms with Gasteiger partial charge in [0, 0.05) is 12.0 Å². The number of aromatic nitrogens is 2. The number of nitrogens with zero attached hydrogens (tertiary/aromatic N) is 2. The largest absolute Gasteiger partial charge is 0.390 e. The summed E-state index contributed by atoms with van der Waals surface area (Å²) in [5.74, 6) is 1.86. The maximum absolute atomic E-state index is 12.4. The minimum absolute atomic E-state index is 0.219. The Labute approximate surface area is 136 Å². The van der Waals surface area contributed by atoms with Gasteiger partial charge in [0.2, 0.25) is 0 Å². The molecule has 23 heavy (non-hydrogen) atoms. The van der Waals surface area contributed by atoms with Crippen LogP contribution in [0, 0.1) is 11.8 Å². The Morgan fingerprint density at radius 1 is 1.26 bits per heavy atom. The summed E-state index contributed by atoms with van der Waals surface area (Å²) in [5.41, 5.74) is -0.209. The Morgan fingerprint density at radius 2 is 1.91 bits per heavy atom. The van der Waals surface area contributed by atoms with Gasteiger partial charge in [0.05, 0.1) is 23.7 Å². The first kappa shape index (κ1) is 14.9. The Bertz CT molecular complexity index is 602. The second-order valence-corrected chi connectivity index (χ2v) is 7.79. The number of amides is 2. The number of hydrogen-bond acceptors (Lipinski definition) is 4. The van der Waals surface area contributed by atoms with Gasteiger partial charge in [0.1, 0.15) is 5.82 Å². The summed E-state index contributed by atoms with van der Waals surface area (Å²) >= 11 is 0. The van der Waals surface area contributed by atoms with Crippen molar-refractivity contribution < 1.29 is 9.90 Å². The van der Waals surface area contributed by atoms with Gasteiger partial charge in [0.25, 0.3) is 0 Å². The number of rotatable bonds is 3. The summed E-state index contributed by atoms with van der Waals surface area (Å²) in [6.07, 6.45) is 9.73. The fraction of sp³-hybridized carbons (Fsp3) is 0.706. The molecule has 2 amide bonds. The van der Waals surface area contributed by atoms with E-state index in [1.165, 1.54) is 6.42 Å². The maximum Gasteiger partial charge on any atom is 0.319 e. The minimum Gasteiger partial charge on any atom is -0.390 e. The van der Waals surface area contributed by atoms with Crippen molar-refractivity contribution in [3.63, 3.8) is 0 Å². The van der Waals surface area contributed by atoms with Gasteiger partial charge in [-0.15, -0.1) is 0 Å². The van der Waals surface area contributed by atoms with Crippen molar-refractivity contribution in [1.29, 1.82) is 0 Å². The molecule has 4 aliphatic carbocycles. The number of carbonyl (C=O) groups is 1. The van der Waals surface area contributed by atoms with Crippen LogP contribution in [0.15, 0.2) is 12.4 Å². The molecule has 4 aliphatic rings. The lowest BCUT2D eigenvalue weighted by atomic mass is 9.51. The highest BCUT2D eigenvalue weighted by molar-refractivity contribution is 5.89. The quantitative estimate of drug-likeness (QED) is 0.798. The summed E-state index contributed by atoms with van der Waals surface area (Å²) in [6.45, 7) is 1.99. The zero-order valence-electron chi connectivity index (χ0n) is 13.5. The minimum atomic E-state index is -0.566. The molecule has 1 aromatic rings. The molecule has 0 aliphatic heterocycles. The molecule has 4 fully saturated rings. The van der Waals surface area contributed by atoms with Crippen molar-refractivity contribution >= 4 is 11.7 Å². The monoisotopic (exact) mass is 316 g/mol. The molecule has 0 aromatic carbocycles. The van der Waals surface area contributed by atoms with Gasteiger partial charge in [-0.05, 0) is 50.4 Å². The molecular formula is C17H24N4O2. The van der Waals surface area contributed by atoms with Gasteiger partial charge >= 0.3 is 6.03 Å². The zero-order chi connectivity index (χ0) is 16.1. The summed E-state index contributed by atoms with van der Waals surface area (Å²) in [5, 5.41) is 16.7. The first-order chi connectivity index (χ1) is 11.0. The highest BCUT2D eigenvalue weighted by atomic mass is 16.3. The number of aliphatic hydroxyl groups is 1. The fourth-order valence-electron chi connectivity index (χ4n) is 5.37. The van der Waals surface area contributed by atoms with E-state index in [-0.39, 0.29) is 11.6 Å². The van der Waals surface area contributed by atoms with Crippen molar-refractivity contribution in [2.45, 2.75) is 63.0 Å². The molecule has 0 spiro atoms. The molecule has 124 valence electrons. The third-order valence-corrected chi connectivity index (χ3v) is 5.69. The van der Waals surface area contributed by atoms with E-state index in [0.29, 0.717) is 23.9 Å². The number of aryl methyl sites for hydroxylation is 1. The van der Waals surface area contributed by atoms with Crippen molar-refractivity contribution in [3.8, 4) is 0 Å². The van der Waals surface area contributed by atoms with Gasteiger partial charge in [-0.3, -0.25) is 0 Å². The number of nitrogens with one attached hydrogen (secondary N) is 2. The van der Waals surface area contributed by atoms with Crippen molar-refractivity contribution in [1.82, 2.24) is 15.3 Å². The summed E-state index contributed by atoms with van der Waals surface area (Å²) in [7, 11) is 0. The lowest BCUT2D eigenvalue weighted by Crippen LogP contribution is -2.65. The third-order valence-electron chi connectivity index (χ3n) is 5.69. The first-order valence-electron chi connectivity index (χ1n) is 8.60. The second kappa shape index (κ2) is 5.16. The van der Waals surface area contributed by atoms with Gasteiger partial charge in [0.15, 0.2) is 0 Å². The van der Waals surface area contributed by atoms with E-state index in [0.717, 1.165) is 37.9 Å². The lowest BCUT2D eigenvalue weighted by Gasteiger charge is -2.60. The number of carbonyl (C=O) groups excluding carboxylic acids is 1. The van der Waals surface area contributed by atoms with Crippen LogP contribution in [0.5, 0.6) is 0 Å². The first-order valence-corrected chi connectivity index (χ1v) is 8.60. The molecule has 4 saturated carbocycles. The average molecular weight is 316 g/mol. The van der Waals surface area contributed by atoms with Crippen LogP contribution in [-0.2, 0) is 6.42 Å². The highest BCUT2D eigenvalue weighted by Crippen LogP contribution is 2.57. The van der Waals surface area contributed by atoms with Crippen LogP contribution in [0.3, 0.4) is 0 Å². The summed E-state index contributed by atoms with van der Waals surface area (Å²) in [6, 6.07) is -0.219. The maximum atomic E-state index is 12.4. The van der Waals surface area contributed by atoms with Crippen molar-refractivity contribution in [3.05, 3.63) is 18.2 Å². The Balaban J connectivity index is 1.44. The smallest absolute Gasteiger partial charge is 0.319 e. The second-order valence-electron chi connectivity index (χ2n) is 7.79. The van der Waals surface area contributed by atoms with E-state index >= 15 is 0 Å². The van der Waals surface area contributed by atoms with E-state index in [2.05, 4.69) is 20.6 Å². The van der Waals surface area contributed by atoms with Crippen LogP contribution in [0.2, 0.25) is 0 Å². The summed E-state index contributed by atoms with van der Waals surface area (Å²) < 4.78 is 0. The molecule has 0 radical (unpaired) electrons. The predicted octanol–water partition coefficient (Wildman–Crippen LogP) is 2.24. The Morgan fingerprint density at radius 3 is 2.48 bits per heavy atom. The van der Waals surface area contributed by atoms with Gasteiger partial charge in [-0.2, -0.15) is 0 Å². The van der Waals surface area contributed by atoms with E-state index in [1.807, 2.05) is 6.92 Å². The molecule has 2 atom stereocenters. The van der Waals surface area contributed by atoms with Crippen LogP contribution in [0.1, 0.15) is 51.3 Å². The fourth-order valence-corrected chi connectivity index (χ4v) is 5.37. The van der Waals surface area contributed by atoms with Gasteiger partial charge in [-0.25, -0.2) is 14.8 Å². The molecule has 6 heteroatoms. The SMILES string of the molecule is CCc1ncc(NC(=O)NC23CC4CC(CC(O)(C4)C2)C3)cn1. The Kier molecular flexibility index (Phi) is 3.34. The molecule has 4 bridgehead atoms. The lowest BCUT2D eigenvalue weighted by molar-refractivity contribution is -0.138. The number of anilines is 1. The van der Waals surface area contributed by atoms with E-state index in [1.54, 1.807) is 12.4 Å². The molecule has 0 saturated heterocycles. The van der Waals surface area contributed by atoms with E-state index in [9.17, 15) is 9.90 Å². The van der Waals surface area contributed by atoms with Gasteiger partial charge in [-0.1, -0.05) is 6.92 Å². The van der Waals surface area contributed by atoms with Crippen molar-refractivity contribution in [2.75, 3.05) is 5.32 Å². The van der Waals surface area contributed by atoms with Crippen LogP contribution < -0.4 is 10.6 Å². The molecule has 2 unspecified atom stereocenters. The van der Waals surface area contributed by atoms with E-state index in [4.69, 9.17) is 0 Å². The third kappa shape index (κ3) is 2.80. The standard InChI is InChI=1S/C17H24N4O2/c1-2-14-18-8-13(9-19-14)20-15(22)21-16-4-11-3-12(5-16)7-17(23,6-11)10-16/h8-9,11-12,23H,2-7,10H2,1H3,(H2,20,21,22).